The second-order valence-electron chi connectivity index (χ2n) is 18.5. The lowest BCUT2D eigenvalue weighted by molar-refractivity contribution is -0.167. The maximum atomic E-state index is 12.8. The summed E-state index contributed by atoms with van der Waals surface area (Å²) in [6.07, 6.45) is 66.3. The molecule has 0 fully saturated rings. The molecule has 6 nitrogen and oxygen atoms in total. The monoisotopic (exact) mass is 909 g/mol. The van der Waals surface area contributed by atoms with Crippen molar-refractivity contribution in [3.05, 3.63) is 60.8 Å². The Morgan fingerprint density at radius 1 is 0.323 bits per heavy atom. The summed E-state index contributed by atoms with van der Waals surface area (Å²) in [4.78, 5) is 38.1. The molecule has 0 heterocycles. The van der Waals surface area contributed by atoms with E-state index >= 15 is 0 Å². The smallest absolute Gasteiger partial charge is 0.306 e. The van der Waals surface area contributed by atoms with Gasteiger partial charge in [-0.15, -0.1) is 0 Å². The van der Waals surface area contributed by atoms with Gasteiger partial charge in [0.05, 0.1) is 0 Å². The summed E-state index contributed by atoms with van der Waals surface area (Å²) >= 11 is 0. The minimum Gasteiger partial charge on any atom is -0.462 e. The van der Waals surface area contributed by atoms with Crippen molar-refractivity contribution in [2.45, 2.75) is 284 Å². The van der Waals surface area contributed by atoms with Gasteiger partial charge < -0.3 is 14.2 Å². The highest BCUT2D eigenvalue weighted by Gasteiger charge is 2.19. The Bertz CT molecular complexity index is 1180. The van der Waals surface area contributed by atoms with Crippen molar-refractivity contribution in [3.8, 4) is 0 Å². The van der Waals surface area contributed by atoms with Gasteiger partial charge >= 0.3 is 17.9 Å². The van der Waals surface area contributed by atoms with E-state index in [4.69, 9.17) is 14.2 Å². The van der Waals surface area contributed by atoms with E-state index in [2.05, 4.69) is 81.5 Å². The molecule has 6 heteroatoms. The number of esters is 3. The number of hydrogen-bond donors (Lipinski definition) is 0. The van der Waals surface area contributed by atoms with Crippen LogP contribution in [0.2, 0.25) is 0 Å². The Hall–Kier alpha value is -2.89. The van der Waals surface area contributed by atoms with Gasteiger partial charge in [0, 0.05) is 19.3 Å². The topological polar surface area (TPSA) is 78.9 Å². The Morgan fingerprint density at radius 3 is 0.969 bits per heavy atom. The summed E-state index contributed by atoms with van der Waals surface area (Å²) in [5.41, 5.74) is 0. The summed E-state index contributed by atoms with van der Waals surface area (Å²) in [7, 11) is 0. The average molecular weight is 909 g/mol. The molecule has 0 spiro atoms. The molecule has 0 saturated heterocycles. The molecular formula is C59H104O6. The molecule has 65 heavy (non-hydrogen) atoms. The lowest BCUT2D eigenvalue weighted by Gasteiger charge is -2.18. The summed E-state index contributed by atoms with van der Waals surface area (Å²) in [6.45, 7) is 6.51. The van der Waals surface area contributed by atoms with Crippen LogP contribution >= 0.6 is 0 Å². The fourth-order valence-electron chi connectivity index (χ4n) is 7.84. The molecule has 376 valence electrons. The van der Waals surface area contributed by atoms with Crippen molar-refractivity contribution in [1.82, 2.24) is 0 Å². The van der Waals surface area contributed by atoms with Crippen LogP contribution in [0.15, 0.2) is 60.8 Å². The van der Waals surface area contributed by atoms with Crippen molar-refractivity contribution in [2.75, 3.05) is 13.2 Å². The number of rotatable bonds is 50. The van der Waals surface area contributed by atoms with Crippen LogP contribution in [0.25, 0.3) is 0 Å². The SMILES string of the molecule is CC/C=C\C/C=C\C/C=C\C/C=C\CCCCCCC(=O)O[C@H](COC(=O)CCCCCCCCC/C=C\CCCCCC)COC(=O)CCCCCCCCCCCCCCCCC. The van der Waals surface area contributed by atoms with Crippen LogP contribution < -0.4 is 0 Å². The van der Waals surface area contributed by atoms with Crippen molar-refractivity contribution in [3.63, 3.8) is 0 Å². The lowest BCUT2D eigenvalue weighted by Crippen LogP contribution is -2.30. The summed E-state index contributed by atoms with van der Waals surface area (Å²) in [5, 5.41) is 0. The zero-order valence-electron chi connectivity index (χ0n) is 43.0. The highest BCUT2D eigenvalue weighted by molar-refractivity contribution is 5.71. The maximum absolute atomic E-state index is 12.8. The van der Waals surface area contributed by atoms with Crippen molar-refractivity contribution in [1.29, 1.82) is 0 Å². The molecule has 0 aromatic rings. The van der Waals surface area contributed by atoms with E-state index in [-0.39, 0.29) is 31.1 Å². The average Bonchev–Trinajstić information content (AvgIpc) is 3.30. The highest BCUT2D eigenvalue weighted by Crippen LogP contribution is 2.16. The zero-order chi connectivity index (χ0) is 47.2. The van der Waals surface area contributed by atoms with Gasteiger partial charge in [0.2, 0.25) is 0 Å². The standard InChI is InChI=1S/C59H104O6/c1-4-7-10-13-16-19-22-25-28-29-32-35-38-41-44-47-50-53-59(62)65-56(54-63-57(60)51-48-45-42-39-36-33-30-26-23-20-17-14-11-8-5-2)55-64-58(61)52-49-46-43-40-37-34-31-27-24-21-18-15-12-9-6-3/h7,10,16,19-20,23,25,28,32,35,56H,4-6,8-9,11-15,17-18,21-22,24,26-27,29-31,33-34,36-55H2,1-3H3/b10-7-,19-16-,23-20-,28-25-,35-32-/t56-/m1/s1. The van der Waals surface area contributed by atoms with Gasteiger partial charge in [-0.1, -0.05) is 236 Å². The van der Waals surface area contributed by atoms with Crippen molar-refractivity contribution in [2.24, 2.45) is 0 Å². The largest absolute Gasteiger partial charge is 0.462 e. The number of hydrogen-bond acceptors (Lipinski definition) is 6. The lowest BCUT2D eigenvalue weighted by atomic mass is 10.0. The molecule has 0 N–H and O–H groups in total. The van der Waals surface area contributed by atoms with E-state index in [9.17, 15) is 14.4 Å². The molecule has 0 aliphatic carbocycles. The first kappa shape index (κ1) is 62.1. The first-order valence-electron chi connectivity index (χ1n) is 27.8. The zero-order valence-corrected chi connectivity index (χ0v) is 43.0. The van der Waals surface area contributed by atoms with Crippen LogP contribution in [0.1, 0.15) is 278 Å². The van der Waals surface area contributed by atoms with Gasteiger partial charge in [-0.05, 0) is 83.5 Å². The Kier molecular flexibility index (Phi) is 51.3. The van der Waals surface area contributed by atoms with Crippen LogP contribution in [0.5, 0.6) is 0 Å². The molecule has 1 atom stereocenters. The van der Waals surface area contributed by atoms with Gasteiger partial charge in [0.25, 0.3) is 0 Å². The third kappa shape index (κ3) is 51.9. The van der Waals surface area contributed by atoms with Gasteiger partial charge in [-0.2, -0.15) is 0 Å². The molecule has 0 radical (unpaired) electrons. The van der Waals surface area contributed by atoms with Crippen molar-refractivity contribution < 1.29 is 28.6 Å². The minimum atomic E-state index is -0.787. The predicted molar refractivity (Wildman–Crippen MR) is 279 cm³/mol. The van der Waals surface area contributed by atoms with Crippen LogP contribution in [-0.2, 0) is 28.6 Å². The third-order valence-corrected chi connectivity index (χ3v) is 12.0. The first-order chi connectivity index (χ1) is 32.0. The molecule has 0 unspecified atom stereocenters. The van der Waals surface area contributed by atoms with E-state index in [1.165, 1.54) is 141 Å². The summed E-state index contributed by atoms with van der Waals surface area (Å²) in [5.74, 6) is -0.901. The first-order valence-corrected chi connectivity index (χ1v) is 27.8. The van der Waals surface area contributed by atoms with Crippen LogP contribution in [0.3, 0.4) is 0 Å². The normalized spacial score (nSPS) is 12.5. The number of unbranched alkanes of at least 4 members (excludes halogenated alkanes) is 29. The van der Waals surface area contributed by atoms with Crippen molar-refractivity contribution >= 4 is 17.9 Å². The maximum Gasteiger partial charge on any atom is 0.306 e. The fourth-order valence-corrected chi connectivity index (χ4v) is 7.84. The number of allylic oxidation sites excluding steroid dienone is 10. The van der Waals surface area contributed by atoms with E-state index in [1.54, 1.807) is 0 Å². The van der Waals surface area contributed by atoms with E-state index in [0.29, 0.717) is 19.3 Å². The Labute approximate surface area is 402 Å². The van der Waals surface area contributed by atoms with Gasteiger partial charge in [-0.25, -0.2) is 0 Å². The minimum absolute atomic E-state index is 0.0831. The summed E-state index contributed by atoms with van der Waals surface area (Å²) in [6, 6.07) is 0. The Morgan fingerprint density at radius 2 is 0.600 bits per heavy atom. The number of ether oxygens (including phenoxy) is 3. The van der Waals surface area contributed by atoms with E-state index in [1.807, 2.05) is 0 Å². The second-order valence-corrected chi connectivity index (χ2v) is 18.5. The van der Waals surface area contributed by atoms with Crippen LogP contribution in [-0.4, -0.2) is 37.2 Å². The molecular weight excluding hydrogens is 805 g/mol. The molecule has 0 bridgehead atoms. The predicted octanol–water partition coefficient (Wildman–Crippen LogP) is 18.4. The van der Waals surface area contributed by atoms with Gasteiger partial charge in [0.15, 0.2) is 6.10 Å². The second kappa shape index (κ2) is 53.7. The Balaban J connectivity index is 4.42. The number of carbonyl (C=O) groups is 3. The van der Waals surface area contributed by atoms with E-state index in [0.717, 1.165) is 96.3 Å². The van der Waals surface area contributed by atoms with Crippen LogP contribution in [0.4, 0.5) is 0 Å². The van der Waals surface area contributed by atoms with Gasteiger partial charge in [0.1, 0.15) is 13.2 Å². The third-order valence-electron chi connectivity index (χ3n) is 12.0. The molecule has 0 aromatic heterocycles. The molecule has 0 saturated carbocycles. The highest BCUT2D eigenvalue weighted by atomic mass is 16.6. The fraction of sp³-hybridized carbons (Fsp3) is 0.780. The quantitative estimate of drug-likeness (QED) is 0.0262. The van der Waals surface area contributed by atoms with Crippen LogP contribution in [0, 0.1) is 0 Å². The van der Waals surface area contributed by atoms with E-state index < -0.39 is 6.10 Å². The molecule has 0 aromatic carbocycles. The molecule has 0 aliphatic rings. The molecule has 0 amide bonds. The number of carbonyl (C=O) groups excluding carboxylic acids is 3. The van der Waals surface area contributed by atoms with Gasteiger partial charge in [-0.3, -0.25) is 14.4 Å². The molecule has 0 rings (SSSR count). The summed E-state index contributed by atoms with van der Waals surface area (Å²) < 4.78 is 16.8. The molecule has 0 aliphatic heterocycles.